The van der Waals surface area contributed by atoms with Crippen LogP contribution in [0, 0.1) is 0 Å². The predicted octanol–water partition coefficient (Wildman–Crippen LogP) is 2.36. The minimum absolute atomic E-state index is 0.0139. The molecule has 1 N–H and O–H groups in total. The van der Waals surface area contributed by atoms with Crippen LogP contribution >= 0.6 is 0 Å². The molecule has 3 heteroatoms. The van der Waals surface area contributed by atoms with E-state index in [0.717, 1.165) is 17.7 Å². The SMILES string of the molecule is CC[C@H](C)Oc1ccc(CO)cc1OC. The van der Waals surface area contributed by atoms with Gasteiger partial charge in [0.05, 0.1) is 19.8 Å². The van der Waals surface area contributed by atoms with Gasteiger partial charge in [-0.1, -0.05) is 13.0 Å². The van der Waals surface area contributed by atoms with E-state index >= 15 is 0 Å². The van der Waals surface area contributed by atoms with Crippen molar-refractivity contribution < 1.29 is 14.6 Å². The zero-order chi connectivity index (χ0) is 11.3. The van der Waals surface area contributed by atoms with Gasteiger partial charge in [-0.25, -0.2) is 0 Å². The molecule has 3 nitrogen and oxygen atoms in total. The van der Waals surface area contributed by atoms with Gasteiger partial charge in [0.25, 0.3) is 0 Å². The summed E-state index contributed by atoms with van der Waals surface area (Å²) in [5, 5.41) is 8.98. The molecule has 0 aromatic heterocycles. The molecular formula is C12H18O3. The van der Waals surface area contributed by atoms with Gasteiger partial charge in [0.2, 0.25) is 0 Å². The Labute approximate surface area is 90.6 Å². The van der Waals surface area contributed by atoms with Crippen molar-refractivity contribution in [2.45, 2.75) is 33.0 Å². The highest BCUT2D eigenvalue weighted by Crippen LogP contribution is 2.29. The predicted molar refractivity (Wildman–Crippen MR) is 59.3 cm³/mol. The summed E-state index contributed by atoms with van der Waals surface area (Å²) in [6, 6.07) is 5.45. The lowest BCUT2D eigenvalue weighted by Crippen LogP contribution is -2.10. The molecule has 1 aromatic carbocycles. The van der Waals surface area contributed by atoms with E-state index in [4.69, 9.17) is 14.6 Å². The summed E-state index contributed by atoms with van der Waals surface area (Å²) in [5.41, 5.74) is 0.823. The third-order valence-corrected chi connectivity index (χ3v) is 2.31. The van der Waals surface area contributed by atoms with Gasteiger partial charge >= 0.3 is 0 Å². The molecule has 0 amide bonds. The van der Waals surface area contributed by atoms with Crippen molar-refractivity contribution in [2.75, 3.05) is 7.11 Å². The van der Waals surface area contributed by atoms with E-state index in [9.17, 15) is 0 Å². The van der Waals surface area contributed by atoms with Crippen molar-refractivity contribution in [3.8, 4) is 11.5 Å². The lowest BCUT2D eigenvalue weighted by Gasteiger charge is -2.15. The maximum atomic E-state index is 8.98. The average Bonchev–Trinajstić information content (AvgIpc) is 2.29. The molecule has 0 saturated heterocycles. The molecule has 0 aliphatic rings. The van der Waals surface area contributed by atoms with Crippen molar-refractivity contribution in [3.63, 3.8) is 0 Å². The standard InChI is InChI=1S/C12H18O3/c1-4-9(2)15-11-6-5-10(8-13)7-12(11)14-3/h5-7,9,13H,4,8H2,1-3H3/t9-/m0/s1. The molecule has 0 aliphatic carbocycles. The molecule has 0 bridgehead atoms. The van der Waals surface area contributed by atoms with Crippen molar-refractivity contribution in [2.24, 2.45) is 0 Å². The van der Waals surface area contributed by atoms with Crippen LogP contribution in [-0.4, -0.2) is 18.3 Å². The zero-order valence-electron chi connectivity index (χ0n) is 9.49. The van der Waals surface area contributed by atoms with E-state index in [1.54, 1.807) is 13.2 Å². The first-order chi connectivity index (χ1) is 7.21. The topological polar surface area (TPSA) is 38.7 Å². The first kappa shape index (κ1) is 11.9. The summed E-state index contributed by atoms with van der Waals surface area (Å²) in [5.74, 6) is 1.39. The summed E-state index contributed by atoms with van der Waals surface area (Å²) in [7, 11) is 1.60. The fourth-order valence-electron chi connectivity index (χ4n) is 1.21. The summed E-state index contributed by atoms with van der Waals surface area (Å²) in [4.78, 5) is 0. The van der Waals surface area contributed by atoms with Gasteiger partial charge in [0.15, 0.2) is 11.5 Å². The van der Waals surface area contributed by atoms with Gasteiger partial charge in [-0.3, -0.25) is 0 Å². The Bertz CT molecular complexity index is 310. The van der Waals surface area contributed by atoms with Gasteiger partial charge in [-0.05, 0) is 31.0 Å². The van der Waals surface area contributed by atoms with E-state index < -0.39 is 0 Å². The Morgan fingerprint density at radius 2 is 2.07 bits per heavy atom. The fourth-order valence-corrected chi connectivity index (χ4v) is 1.21. The van der Waals surface area contributed by atoms with Crippen molar-refractivity contribution in [1.29, 1.82) is 0 Å². The van der Waals surface area contributed by atoms with Crippen molar-refractivity contribution >= 4 is 0 Å². The van der Waals surface area contributed by atoms with E-state index in [1.807, 2.05) is 19.1 Å². The Morgan fingerprint density at radius 1 is 1.33 bits per heavy atom. The van der Waals surface area contributed by atoms with Crippen LogP contribution in [0.25, 0.3) is 0 Å². The molecule has 0 unspecified atom stereocenters. The molecule has 84 valence electrons. The highest BCUT2D eigenvalue weighted by atomic mass is 16.5. The average molecular weight is 210 g/mol. The van der Waals surface area contributed by atoms with Crippen LogP contribution in [0.5, 0.6) is 11.5 Å². The molecule has 0 fully saturated rings. The van der Waals surface area contributed by atoms with E-state index in [-0.39, 0.29) is 12.7 Å². The van der Waals surface area contributed by atoms with E-state index in [2.05, 4.69) is 6.92 Å². The number of aliphatic hydroxyl groups excluding tert-OH is 1. The second kappa shape index (κ2) is 5.61. The number of rotatable bonds is 5. The number of methoxy groups -OCH3 is 1. The fraction of sp³-hybridized carbons (Fsp3) is 0.500. The third-order valence-electron chi connectivity index (χ3n) is 2.31. The van der Waals surface area contributed by atoms with Crippen LogP contribution in [0.1, 0.15) is 25.8 Å². The zero-order valence-corrected chi connectivity index (χ0v) is 9.49. The lowest BCUT2D eigenvalue weighted by atomic mass is 10.2. The van der Waals surface area contributed by atoms with Crippen LogP contribution in [0.3, 0.4) is 0 Å². The Hall–Kier alpha value is -1.22. The van der Waals surface area contributed by atoms with Crippen molar-refractivity contribution in [1.82, 2.24) is 0 Å². The van der Waals surface area contributed by atoms with Gasteiger partial charge < -0.3 is 14.6 Å². The van der Waals surface area contributed by atoms with Crippen LogP contribution in [0.15, 0.2) is 18.2 Å². The monoisotopic (exact) mass is 210 g/mol. The first-order valence-corrected chi connectivity index (χ1v) is 5.15. The minimum atomic E-state index is 0.0139. The van der Waals surface area contributed by atoms with Gasteiger partial charge in [0, 0.05) is 0 Å². The summed E-state index contributed by atoms with van der Waals surface area (Å²) >= 11 is 0. The second-order valence-electron chi connectivity index (χ2n) is 3.48. The van der Waals surface area contributed by atoms with Crippen LogP contribution < -0.4 is 9.47 Å². The third kappa shape index (κ3) is 3.13. The van der Waals surface area contributed by atoms with Crippen LogP contribution in [0.4, 0.5) is 0 Å². The Morgan fingerprint density at radius 3 is 2.60 bits per heavy atom. The molecule has 0 radical (unpaired) electrons. The maximum Gasteiger partial charge on any atom is 0.161 e. The Kier molecular flexibility index (Phi) is 4.43. The molecule has 1 atom stereocenters. The number of hydrogen-bond acceptors (Lipinski definition) is 3. The molecule has 0 spiro atoms. The summed E-state index contributed by atoms with van der Waals surface area (Å²) < 4.78 is 10.9. The number of ether oxygens (including phenoxy) is 2. The van der Waals surface area contributed by atoms with Crippen molar-refractivity contribution in [3.05, 3.63) is 23.8 Å². The van der Waals surface area contributed by atoms with Gasteiger partial charge in [0.1, 0.15) is 0 Å². The molecular weight excluding hydrogens is 192 g/mol. The van der Waals surface area contributed by atoms with E-state index in [0.29, 0.717) is 5.75 Å². The second-order valence-corrected chi connectivity index (χ2v) is 3.48. The van der Waals surface area contributed by atoms with E-state index in [1.165, 1.54) is 0 Å². The highest BCUT2D eigenvalue weighted by Gasteiger charge is 2.08. The van der Waals surface area contributed by atoms with Crippen LogP contribution in [0.2, 0.25) is 0 Å². The normalized spacial score (nSPS) is 12.3. The molecule has 0 heterocycles. The number of benzene rings is 1. The van der Waals surface area contributed by atoms with Crippen LogP contribution in [-0.2, 0) is 6.61 Å². The first-order valence-electron chi connectivity index (χ1n) is 5.15. The molecule has 1 rings (SSSR count). The summed E-state index contributed by atoms with van der Waals surface area (Å²) in [6.45, 7) is 4.10. The molecule has 0 saturated carbocycles. The van der Waals surface area contributed by atoms with Gasteiger partial charge in [-0.2, -0.15) is 0 Å². The number of hydrogen-bond donors (Lipinski definition) is 1. The molecule has 1 aromatic rings. The maximum absolute atomic E-state index is 8.98. The lowest BCUT2D eigenvalue weighted by molar-refractivity contribution is 0.207. The number of aliphatic hydroxyl groups is 1. The molecule has 0 aliphatic heterocycles. The summed E-state index contributed by atoms with van der Waals surface area (Å²) in [6.07, 6.45) is 1.11. The minimum Gasteiger partial charge on any atom is -0.493 e. The smallest absolute Gasteiger partial charge is 0.161 e. The highest BCUT2D eigenvalue weighted by molar-refractivity contribution is 5.42. The quantitative estimate of drug-likeness (QED) is 0.810. The molecule has 15 heavy (non-hydrogen) atoms. The van der Waals surface area contributed by atoms with Gasteiger partial charge in [-0.15, -0.1) is 0 Å². The largest absolute Gasteiger partial charge is 0.493 e. The Balaban J connectivity index is 2.87.